The normalized spacial score (nSPS) is 35.5. The molecule has 0 saturated heterocycles. The van der Waals surface area contributed by atoms with Crippen molar-refractivity contribution >= 4 is 0 Å². The van der Waals surface area contributed by atoms with Gasteiger partial charge in [-0.1, -0.05) is 0 Å². The van der Waals surface area contributed by atoms with E-state index in [2.05, 4.69) is 0 Å². The lowest BCUT2D eigenvalue weighted by Crippen LogP contribution is -2.38. The van der Waals surface area contributed by atoms with Gasteiger partial charge in [0.2, 0.25) is 0 Å². The standard InChI is InChI=1S/C5H10N3/c1-8(7)3-2-5(6)4-8/h2-4H,6-7H2,1H3/q+1. The van der Waals surface area contributed by atoms with Crippen molar-refractivity contribution < 1.29 is 4.59 Å². The molecule has 0 fully saturated rings. The molecule has 0 radical (unpaired) electrons. The molecule has 3 nitrogen and oxygen atoms in total. The van der Waals surface area contributed by atoms with Gasteiger partial charge in [-0.3, -0.25) is 0 Å². The predicted molar refractivity (Wildman–Crippen MR) is 31.8 cm³/mol. The van der Waals surface area contributed by atoms with Crippen LogP contribution < -0.4 is 11.6 Å². The summed E-state index contributed by atoms with van der Waals surface area (Å²) in [5.41, 5.74) is 6.12. The van der Waals surface area contributed by atoms with E-state index in [0.29, 0.717) is 0 Å². The fourth-order valence-corrected chi connectivity index (χ4v) is 0.654. The fraction of sp³-hybridized carbons (Fsp3) is 0.200. The van der Waals surface area contributed by atoms with Crippen LogP contribution in [0.15, 0.2) is 24.2 Å². The maximum atomic E-state index is 5.56. The van der Waals surface area contributed by atoms with Crippen LogP contribution in [0.25, 0.3) is 0 Å². The van der Waals surface area contributed by atoms with Crippen LogP contribution in [-0.2, 0) is 0 Å². The van der Waals surface area contributed by atoms with Gasteiger partial charge in [0.05, 0.1) is 12.7 Å². The molecule has 0 aromatic rings. The van der Waals surface area contributed by atoms with E-state index >= 15 is 0 Å². The molecule has 0 aromatic carbocycles. The van der Waals surface area contributed by atoms with Crippen molar-refractivity contribution in [3.05, 3.63) is 24.2 Å². The van der Waals surface area contributed by atoms with Crippen LogP contribution in [0.5, 0.6) is 0 Å². The third-order valence-electron chi connectivity index (χ3n) is 1.02. The molecule has 3 heteroatoms. The quantitative estimate of drug-likeness (QED) is 0.332. The summed E-state index contributed by atoms with van der Waals surface area (Å²) in [6.45, 7) is 0. The highest BCUT2D eigenvalue weighted by molar-refractivity contribution is 5.14. The van der Waals surface area contributed by atoms with Crippen LogP contribution in [-0.4, -0.2) is 11.6 Å². The molecule has 4 N–H and O–H groups in total. The number of nitrogens with two attached hydrogens (primary N) is 2. The van der Waals surface area contributed by atoms with Crippen molar-refractivity contribution in [3.63, 3.8) is 0 Å². The lowest BCUT2D eigenvalue weighted by Gasteiger charge is -2.12. The fourth-order valence-electron chi connectivity index (χ4n) is 0.654. The largest absolute Gasteiger partial charge is 0.394 e. The lowest BCUT2D eigenvalue weighted by atomic mass is 10.5. The molecule has 0 amide bonds. The minimum absolute atomic E-state index is 0.270. The van der Waals surface area contributed by atoms with Crippen molar-refractivity contribution in [1.29, 1.82) is 0 Å². The summed E-state index contributed by atoms with van der Waals surface area (Å²) in [6.07, 6.45) is 5.37. The van der Waals surface area contributed by atoms with E-state index < -0.39 is 0 Å². The van der Waals surface area contributed by atoms with Gasteiger partial charge in [0.15, 0.2) is 0 Å². The van der Waals surface area contributed by atoms with Gasteiger partial charge in [-0.25, -0.2) is 0 Å². The molecule has 1 aliphatic heterocycles. The first-order valence-corrected chi connectivity index (χ1v) is 2.42. The van der Waals surface area contributed by atoms with Crippen molar-refractivity contribution in [3.8, 4) is 0 Å². The van der Waals surface area contributed by atoms with Crippen LogP contribution in [0.1, 0.15) is 0 Å². The third kappa shape index (κ3) is 0.882. The zero-order chi connectivity index (χ0) is 6.20. The number of rotatable bonds is 0. The van der Waals surface area contributed by atoms with Gasteiger partial charge in [0.25, 0.3) is 0 Å². The number of quaternary nitrogens is 1. The Bertz CT molecular complexity index is 155. The summed E-state index contributed by atoms with van der Waals surface area (Å²) >= 11 is 0. The molecule has 1 rings (SSSR count). The predicted octanol–water partition coefficient (Wildman–Crippen LogP) is -0.366. The molecule has 1 atom stereocenters. The Morgan fingerprint density at radius 2 is 2.25 bits per heavy atom. The van der Waals surface area contributed by atoms with Crippen LogP contribution in [0.4, 0.5) is 0 Å². The molecule has 1 aliphatic rings. The third-order valence-corrected chi connectivity index (χ3v) is 1.02. The first kappa shape index (κ1) is 5.34. The first-order valence-electron chi connectivity index (χ1n) is 2.42. The van der Waals surface area contributed by atoms with Crippen molar-refractivity contribution in [2.75, 3.05) is 7.05 Å². The minimum Gasteiger partial charge on any atom is -0.394 e. The van der Waals surface area contributed by atoms with Crippen molar-refractivity contribution in [2.45, 2.75) is 0 Å². The first-order chi connectivity index (χ1) is 3.60. The summed E-state index contributed by atoms with van der Waals surface area (Å²) < 4.78 is 0.270. The second-order valence-corrected chi connectivity index (χ2v) is 2.17. The highest BCUT2D eigenvalue weighted by Crippen LogP contribution is 2.06. The molecule has 8 heavy (non-hydrogen) atoms. The van der Waals surface area contributed by atoms with Crippen LogP contribution in [0.3, 0.4) is 0 Å². The molecule has 0 bridgehead atoms. The summed E-state index contributed by atoms with van der Waals surface area (Å²) in [4.78, 5) is 0. The van der Waals surface area contributed by atoms with Crippen LogP contribution in [0, 0.1) is 0 Å². The molecular weight excluding hydrogens is 102 g/mol. The van der Waals surface area contributed by atoms with E-state index in [-0.39, 0.29) is 4.59 Å². The minimum atomic E-state index is 0.270. The summed E-state index contributed by atoms with van der Waals surface area (Å²) in [5.74, 6) is 5.56. The molecule has 0 aromatic heterocycles. The van der Waals surface area contributed by atoms with Gasteiger partial charge in [-0.15, -0.1) is 0 Å². The molecule has 0 spiro atoms. The second kappa shape index (κ2) is 1.34. The Labute approximate surface area is 48.4 Å². The maximum Gasteiger partial charge on any atom is 0.143 e. The highest BCUT2D eigenvalue weighted by Gasteiger charge is 2.14. The van der Waals surface area contributed by atoms with E-state index in [0.717, 1.165) is 5.70 Å². The average Bonchev–Trinajstić information content (AvgIpc) is 1.82. The van der Waals surface area contributed by atoms with Gasteiger partial charge in [0.1, 0.15) is 12.4 Å². The van der Waals surface area contributed by atoms with E-state index in [1.165, 1.54) is 0 Å². The number of allylic oxidation sites excluding steroid dienone is 1. The number of hydrogen-bond acceptors (Lipinski definition) is 2. The van der Waals surface area contributed by atoms with Gasteiger partial charge < -0.3 is 5.73 Å². The summed E-state index contributed by atoms with van der Waals surface area (Å²) in [6, 6.07) is 0. The van der Waals surface area contributed by atoms with Crippen LogP contribution >= 0.6 is 0 Å². The zero-order valence-electron chi connectivity index (χ0n) is 4.83. The molecule has 44 valence electrons. The molecule has 0 saturated carbocycles. The van der Waals surface area contributed by atoms with E-state index in [9.17, 15) is 0 Å². The van der Waals surface area contributed by atoms with Gasteiger partial charge in [0, 0.05) is 6.08 Å². The molecule has 0 aliphatic carbocycles. The van der Waals surface area contributed by atoms with Gasteiger partial charge >= 0.3 is 0 Å². The SMILES string of the molecule is C[N+]1(N)C=CC(N)=C1. The Morgan fingerprint density at radius 3 is 2.38 bits per heavy atom. The monoisotopic (exact) mass is 112 g/mol. The molecule has 1 heterocycles. The van der Waals surface area contributed by atoms with E-state index in [1.807, 2.05) is 13.2 Å². The highest BCUT2D eigenvalue weighted by atomic mass is 15.5. The molecular formula is C5H10N3+. The average molecular weight is 112 g/mol. The maximum absolute atomic E-state index is 5.56. The van der Waals surface area contributed by atoms with Gasteiger partial charge in [-0.05, 0) is 0 Å². The Kier molecular flexibility index (Phi) is 0.892. The topological polar surface area (TPSA) is 52.0 Å². The van der Waals surface area contributed by atoms with E-state index in [1.54, 1.807) is 12.3 Å². The van der Waals surface area contributed by atoms with E-state index in [4.69, 9.17) is 11.6 Å². The van der Waals surface area contributed by atoms with Crippen molar-refractivity contribution in [1.82, 2.24) is 0 Å². The summed E-state index contributed by atoms with van der Waals surface area (Å²) in [7, 11) is 1.84. The Hall–Kier alpha value is -0.800. The smallest absolute Gasteiger partial charge is 0.143 e. The molecule has 1 unspecified atom stereocenters. The lowest BCUT2D eigenvalue weighted by molar-refractivity contribution is -0.816. The number of nitrogens with zero attached hydrogens (tertiary/aromatic N) is 1. The zero-order valence-corrected chi connectivity index (χ0v) is 4.83. The van der Waals surface area contributed by atoms with Crippen LogP contribution in [0.2, 0.25) is 0 Å². The van der Waals surface area contributed by atoms with Gasteiger partial charge in [-0.2, -0.15) is 10.4 Å². The Morgan fingerprint density at radius 1 is 1.62 bits per heavy atom. The summed E-state index contributed by atoms with van der Waals surface area (Å²) in [5, 5.41) is 0. The van der Waals surface area contributed by atoms with Crippen molar-refractivity contribution in [2.24, 2.45) is 11.6 Å². The Balaban J connectivity index is 2.84. The second-order valence-electron chi connectivity index (χ2n) is 2.17. The number of hydrogen-bond donors (Lipinski definition) is 2.